The average molecular weight is 245 g/mol. The second-order valence-corrected chi connectivity index (χ2v) is 5.88. The van der Waals surface area contributed by atoms with Gasteiger partial charge in [-0.2, -0.15) is 0 Å². The first-order valence-corrected chi connectivity index (χ1v) is 7.11. The number of likely N-dealkylation sites (N-methyl/N-ethyl adjacent to an activating group) is 1. The van der Waals surface area contributed by atoms with Crippen molar-refractivity contribution in [3.05, 3.63) is 29.8 Å². The second-order valence-electron chi connectivity index (χ2n) is 5.88. The molecule has 0 spiro atoms. The third-order valence-electron chi connectivity index (χ3n) is 5.08. The minimum Gasteiger partial charge on any atom is -0.497 e. The number of hydrogen-bond acceptors (Lipinski definition) is 2. The van der Waals surface area contributed by atoms with Crippen LogP contribution < -0.4 is 4.74 Å². The molecule has 0 amide bonds. The molecule has 1 saturated heterocycles. The number of rotatable bonds is 2. The number of methoxy groups -OCH3 is 1. The summed E-state index contributed by atoms with van der Waals surface area (Å²) in [5, 5.41) is 0. The van der Waals surface area contributed by atoms with Crippen LogP contribution in [0, 0.1) is 0 Å². The van der Waals surface area contributed by atoms with Gasteiger partial charge in [0, 0.05) is 11.5 Å². The van der Waals surface area contributed by atoms with Gasteiger partial charge in [-0.15, -0.1) is 0 Å². The maximum Gasteiger partial charge on any atom is 0.119 e. The predicted molar refractivity (Wildman–Crippen MR) is 74.2 cm³/mol. The first-order chi connectivity index (χ1) is 8.76. The van der Waals surface area contributed by atoms with Crippen LogP contribution in [-0.2, 0) is 5.41 Å². The van der Waals surface area contributed by atoms with E-state index < -0.39 is 0 Å². The third kappa shape index (κ3) is 1.74. The zero-order valence-electron chi connectivity index (χ0n) is 11.5. The van der Waals surface area contributed by atoms with E-state index in [9.17, 15) is 0 Å². The van der Waals surface area contributed by atoms with E-state index in [-0.39, 0.29) is 0 Å². The Bertz CT molecular complexity index is 427. The van der Waals surface area contributed by atoms with Gasteiger partial charge < -0.3 is 9.64 Å². The lowest BCUT2D eigenvalue weighted by atomic mass is 9.66. The molecule has 1 heterocycles. The molecule has 2 heteroatoms. The number of fused-ring (bicyclic) bond motifs is 1. The molecule has 0 unspecified atom stereocenters. The summed E-state index contributed by atoms with van der Waals surface area (Å²) in [5.74, 6) is 1.00. The van der Waals surface area contributed by atoms with Crippen LogP contribution in [0.1, 0.15) is 37.7 Å². The van der Waals surface area contributed by atoms with E-state index >= 15 is 0 Å². The van der Waals surface area contributed by atoms with Gasteiger partial charge in [0.1, 0.15) is 5.75 Å². The summed E-state index contributed by atoms with van der Waals surface area (Å²) in [6.45, 7) is 1.24. The number of benzene rings is 1. The maximum absolute atomic E-state index is 5.40. The van der Waals surface area contributed by atoms with Gasteiger partial charge in [0.05, 0.1) is 7.11 Å². The van der Waals surface area contributed by atoms with Gasteiger partial charge in [-0.3, -0.25) is 0 Å². The Morgan fingerprint density at radius 2 is 2.17 bits per heavy atom. The Balaban J connectivity index is 2.01. The van der Waals surface area contributed by atoms with E-state index in [1.807, 2.05) is 0 Å². The highest BCUT2D eigenvalue weighted by Gasteiger charge is 2.48. The standard InChI is InChI=1S/C16H23NO/c1-17-11-10-16(9-4-3-8-15(16)17)13-6-5-7-14(12-13)18-2/h5-7,12,15H,3-4,8-11H2,1-2H3/t15-,16-/m0/s1. The minimum absolute atomic E-state index is 0.390. The molecule has 1 saturated carbocycles. The molecule has 2 nitrogen and oxygen atoms in total. The molecule has 0 N–H and O–H groups in total. The van der Waals surface area contributed by atoms with Crippen LogP contribution in [0.2, 0.25) is 0 Å². The molecule has 3 rings (SSSR count). The Labute approximate surface area is 110 Å². The first kappa shape index (κ1) is 12.0. The highest BCUT2D eigenvalue weighted by molar-refractivity contribution is 5.37. The molecule has 1 aliphatic heterocycles. The Hall–Kier alpha value is -1.02. The molecule has 1 aromatic rings. The van der Waals surface area contributed by atoms with Crippen molar-refractivity contribution < 1.29 is 4.74 Å². The topological polar surface area (TPSA) is 12.5 Å². The summed E-state index contributed by atoms with van der Waals surface area (Å²) in [6.07, 6.45) is 6.77. The molecule has 98 valence electrons. The van der Waals surface area contributed by atoms with Crippen molar-refractivity contribution in [2.24, 2.45) is 0 Å². The lowest BCUT2D eigenvalue weighted by Gasteiger charge is -2.41. The van der Waals surface area contributed by atoms with Gasteiger partial charge >= 0.3 is 0 Å². The Kier molecular flexibility index (Phi) is 3.06. The molecule has 0 aromatic heterocycles. The third-order valence-corrected chi connectivity index (χ3v) is 5.08. The van der Waals surface area contributed by atoms with Crippen LogP contribution >= 0.6 is 0 Å². The van der Waals surface area contributed by atoms with Crippen LogP contribution in [0.4, 0.5) is 0 Å². The van der Waals surface area contributed by atoms with Crippen LogP contribution in [0.5, 0.6) is 5.75 Å². The van der Waals surface area contributed by atoms with Crippen molar-refractivity contribution in [1.82, 2.24) is 4.90 Å². The minimum atomic E-state index is 0.390. The summed E-state index contributed by atoms with van der Waals surface area (Å²) >= 11 is 0. The number of likely N-dealkylation sites (tertiary alicyclic amines) is 1. The van der Waals surface area contributed by atoms with Gasteiger partial charge in [-0.1, -0.05) is 25.0 Å². The fraction of sp³-hybridized carbons (Fsp3) is 0.625. The molecular weight excluding hydrogens is 222 g/mol. The fourth-order valence-electron chi connectivity index (χ4n) is 4.10. The van der Waals surface area contributed by atoms with Crippen LogP contribution in [0.15, 0.2) is 24.3 Å². The SMILES string of the molecule is COc1cccc([C@@]23CCCC[C@@H]2N(C)CC3)c1. The van der Waals surface area contributed by atoms with Crippen molar-refractivity contribution in [2.45, 2.75) is 43.6 Å². The lowest BCUT2D eigenvalue weighted by molar-refractivity contribution is 0.181. The monoisotopic (exact) mass is 245 g/mol. The number of nitrogens with zero attached hydrogens (tertiary/aromatic N) is 1. The van der Waals surface area contributed by atoms with Crippen LogP contribution in [-0.4, -0.2) is 31.6 Å². The summed E-state index contributed by atoms with van der Waals surface area (Å²) in [7, 11) is 4.05. The highest BCUT2D eigenvalue weighted by atomic mass is 16.5. The molecule has 0 bridgehead atoms. The van der Waals surface area contributed by atoms with E-state index in [0.29, 0.717) is 5.41 Å². The summed E-state index contributed by atoms with van der Waals surface area (Å²) < 4.78 is 5.40. The van der Waals surface area contributed by atoms with Crippen molar-refractivity contribution in [3.63, 3.8) is 0 Å². The quantitative estimate of drug-likeness (QED) is 0.793. The maximum atomic E-state index is 5.40. The van der Waals surface area contributed by atoms with E-state index in [0.717, 1.165) is 11.8 Å². The second kappa shape index (κ2) is 4.58. The molecule has 2 aliphatic rings. The molecule has 1 aliphatic carbocycles. The highest BCUT2D eigenvalue weighted by Crippen LogP contribution is 2.48. The Morgan fingerprint density at radius 3 is 3.00 bits per heavy atom. The lowest BCUT2D eigenvalue weighted by Crippen LogP contribution is -2.43. The molecule has 1 aromatic carbocycles. The van der Waals surface area contributed by atoms with Crippen molar-refractivity contribution in [1.29, 1.82) is 0 Å². The normalized spacial score (nSPS) is 32.2. The van der Waals surface area contributed by atoms with Crippen molar-refractivity contribution in [2.75, 3.05) is 20.7 Å². The van der Waals surface area contributed by atoms with E-state index in [2.05, 4.69) is 36.2 Å². The first-order valence-electron chi connectivity index (χ1n) is 7.11. The molecular formula is C16H23NO. The fourth-order valence-corrected chi connectivity index (χ4v) is 4.10. The van der Waals surface area contributed by atoms with Crippen LogP contribution in [0.3, 0.4) is 0 Å². The summed E-state index contributed by atoms with van der Waals surface area (Å²) in [4.78, 5) is 2.57. The molecule has 2 fully saturated rings. The molecule has 0 radical (unpaired) electrons. The van der Waals surface area contributed by atoms with E-state index in [4.69, 9.17) is 4.74 Å². The van der Waals surface area contributed by atoms with Gasteiger partial charge in [-0.25, -0.2) is 0 Å². The van der Waals surface area contributed by atoms with Crippen LogP contribution in [0.25, 0.3) is 0 Å². The number of hydrogen-bond donors (Lipinski definition) is 0. The van der Waals surface area contributed by atoms with Gasteiger partial charge in [0.15, 0.2) is 0 Å². The van der Waals surface area contributed by atoms with E-state index in [1.54, 1.807) is 7.11 Å². The summed E-state index contributed by atoms with van der Waals surface area (Å²) in [6, 6.07) is 9.50. The van der Waals surface area contributed by atoms with E-state index in [1.165, 1.54) is 44.2 Å². The van der Waals surface area contributed by atoms with Gasteiger partial charge in [0.2, 0.25) is 0 Å². The van der Waals surface area contributed by atoms with Gasteiger partial charge in [0.25, 0.3) is 0 Å². The smallest absolute Gasteiger partial charge is 0.119 e. The molecule has 18 heavy (non-hydrogen) atoms. The summed E-state index contributed by atoms with van der Waals surface area (Å²) in [5.41, 5.74) is 1.89. The number of ether oxygens (including phenoxy) is 1. The van der Waals surface area contributed by atoms with Crippen molar-refractivity contribution >= 4 is 0 Å². The van der Waals surface area contributed by atoms with Crippen molar-refractivity contribution in [3.8, 4) is 5.75 Å². The average Bonchev–Trinajstić information content (AvgIpc) is 2.78. The molecule has 2 atom stereocenters. The zero-order valence-corrected chi connectivity index (χ0v) is 11.5. The largest absolute Gasteiger partial charge is 0.497 e. The van der Waals surface area contributed by atoms with Gasteiger partial charge in [-0.05, 0) is 50.6 Å². The predicted octanol–water partition coefficient (Wildman–Crippen LogP) is 3.21. The Morgan fingerprint density at radius 1 is 1.28 bits per heavy atom. The zero-order chi connectivity index (χ0) is 12.6.